The minimum atomic E-state index is -5.40. The molecule has 3 radical (unpaired) electrons. The largest absolute Gasteiger partial charge is 1.00 e. The molecular formula is C18H16BCl6F26-4. The lowest BCUT2D eigenvalue weighted by Gasteiger charge is -2.14. The first-order valence-corrected chi connectivity index (χ1v) is 11.3. The van der Waals surface area contributed by atoms with Crippen LogP contribution in [0.4, 0.5) is 105 Å². The molecule has 0 saturated carbocycles. The van der Waals surface area contributed by atoms with Gasteiger partial charge in [0.25, 0.3) is 5.13 Å². The van der Waals surface area contributed by atoms with Gasteiger partial charge in [0.1, 0.15) is 17.1 Å². The van der Waals surface area contributed by atoms with Crippen molar-refractivity contribution in [1.82, 2.24) is 0 Å². The Labute approximate surface area is 304 Å². The molecule has 0 amide bonds. The van der Waals surface area contributed by atoms with Crippen LogP contribution in [-0.4, -0.2) is 80.6 Å². The van der Waals surface area contributed by atoms with Gasteiger partial charge in [0.05, 0.1) is 0 Å². The van der Waals surface area contributed by atoms with E-state index in [1.54, 1.807) is 0 Å². The Morgan fingerprint density at radius 3 is 0.824 bits per heavy atom. The fraction of sp³-hybridized carbons (Fsp3) is 0.778. The molecule has 0 saturated heterocycles. The third-order valence-electron chi connectivity index (χ3n) is 2.59. The summed E-state index contributed by atoms with van der Waals surface area (Å²) in [6.45, 7) is 2.56. The molecule has 3 unspecified atom stereocenters. The highest BCUT2D eigenvalue weighted by atomic mass is 35.5. The van der Waals surface area contributed by atoms with Crippen LogP contribution in [0.3, 0.4) is 0 Å². The standard InChI is InChI=1S/C3H3Cl2F3.C3H3ClF4.C3H2ClF3.2C3H3F5.C3H2F4.B.2ClH.2FH/c4-1-2(5)3(6,7)8;1-2(4,5)3(6,7)8;1-2(4)3(5,6)7;1-2(4,5)3(6,7)8;4-1-2(5)3(6,7)8;1-2(4)3(5,6)7;;;;;/h2H,1H2;1H3;1H2;1H3;2H,1H2;1H2;;4*1H/p-4. The minimum Gasteiger partial charge on any atom is -1.00 e. The number of rotatable bonds is 2. The Kier molecular flexibility index (Phi) is 47.8. The highest BCUT2D eigenvalue weighted by molar-refractivity contribution is 6.30. The van der Waals surface area contributed by atoms with E-state index in [-0.39, 0.29) is 56.5 Å². The Bertz CT molecular complexity index is 728. The molecule has 0 aliphatic heterocycles. The summed E-state index contributed by atoms with van der Waals surface area (Å²) < 4.78 is 263. The second kappa shape index (κ2) is 30.8. The van der Waals surface area contributed by atoms with Crippen LogP contribution in [0, 0.1) is 0 Å². The molecule has 319 valence electrons. The second-order valence-electron chi connectivity index (χ2n) is 6.90. The van der Waals surface area contributed by atoms with Crippen molar-refractivity contribution >= 4 is 54.8 Å². The van der Waals surface area contributed by atoms with E-state index in [2.05, 4.69) is 41.4 Å². The zero-order chi connectivity index (χ0) is 39.7. The van der Waals surface area contributed by atoms with Crippen LogP contribution >= 0.6 is 46.4 Å². The molecule has 0 heterocycles. The van der Waals surface area contributed by atoms with Crippen molar-refractivity contribution in [3.63, 3.8) is 0 Å². The lowest BCUT2D eigenvalue weighted by atomic mass is 10.4. The monoisotopic (exact) mass is 947 g/mol. The Morgan fingerprint density at radius 2 is 0.824 bits per heavy atom. The molecule has 0 fully saturated rings. The summed E-state index contributed by atoms with van der Waals surface area (Å²) in [6, 6.07) is 0. The third kappa shape index (κ3) is 53.9. The van der Waals surface area contributed by atoms with E-state index in [0.717, 1.165) is 0 Å². The first-order chi connectivity index (χ1) is 19.3. The summed E-state index contributed by atoms with van der Waals surface area (Å²) in [5.41, 5.74) is 0. The average Bonchev–Trinajstić information content (AvgIpc) is 2.74. The van der Waals surface area contributed by atoms with Crippen molar-refractivity contribution in [2.75, 3.05) is 12.6 Å². The van der Waals surface area contributed by atoms with E-state index < -0.39 is 83.1 Å². The predicted octanol–water partition coefficient (Wildman–Crippen LogP) is 0.897. The van der Waals surface area contributed by atoms with Gasteiger partial charge in [-0.1, -0.05) is 36.4 Å². The molecule has 0 rings (SSSR count). The van der Waals surface area contributed by atoms with Gasteiger partial charge in [-0.3, -0.25) is 0 Å². The number of alkyl halides is 26. The summed E-state index contributed by atoms with van der Waals surface area (Å²) >= 11 is 18.1. The van der Waals surface area contributed by atoms with Gasteiger partial charge in [-0.05, 0) is 6.92 Å². The second-order valence-corrected chi connectivity index (χ2v) is 8.91. The topological polar surface area (TPSA) is 0 Å². The van der Waals surface area contributed by atoms with Crippen molar-refractivity contribution < 1.29 is 140 Å². The number of halogens is 32. The first kappa shape index (κ1) is 79.3. The summed E-state index contributed by atoms with van der Waals surface area (Å²) in [4.78, 5) is 0. The normalized spacial score (nSPS) is 13.6. The Morgan fingerprint density at radius 1 is 0.627 bits per heavy atom. The number of allylic oxidation sites excluding steroid dienone is 2. The summed E-state index contributed by atoms with van der Waals surface area (Å²) in [5.74, 6) is -7.41. The van der Waals surface area contributed by atoms with Gasteiger partial charge >= 0.3 is 43.0 Å². The van der Waals surface area contributed by atoms with Crippen LogP contribution in [0.2, 0.25) is 0 Å². The van der Waals surface area contributed by atoms with E-state index in [1.807, 2.05) is 6.58 Å². The van der Waals surface area contributed by atoms with E-state index in [1.165, 1.54) is 0 Å². The highest BCUT2D eigenvalue weighted by Gasteiger charge is 2.53. The molecule has 0 spiro atoms. The Hall–Kier alpha value is -0.535. The van der Waals surface area contributed by atoms with Crippen LogP contribution in [-0.2, 0) is 0 Å². The molecule has 0 N–H and O–H groups in total. The molecule has 33 heteroatoms. The number of hydrogen-bond acceptors (Lipinski definition) is 0. The van der Waals surface area contributed by atoms with E-state index >= 15 is 0 Å². The molecule has 51 heavy (non-hydrogen) atoms. The van der Waals surface area contributed by atoms with Crippen molar-refractivity contribution in [2.24, 2.45) is 0 Å². The number of hydrogen-bond donors (Lipinski definition) is 0. The summed E-state index contributed by atoms with van der Waals surface area (Å²) in [7, 11) is 0. The zero-order valence-corrected chi connectivity index (χ0v) is 28.2. The zero-order valence-electron chi connectivity index (χ0n) is 23.7. The molecule has 3 atom stereocenters. The lowest BCUT2D eigenvalue weighted by molar-refractivity contribution is -0.273. The third-order valence-corrected chi connectivity index (χ3v) is 3.89. The van der Waals surface area contributed by atoms with Gasteiger partial charge in [0.15, 0.2) is 5.83 Å². The van der Waals surface area contributed by atoms with Crippen molar-refractivity contribution in [3.8, 4) is 0 Å². The quantitative estimate of drug-likeness (QED) is 0.220. The molecule has 0 aromatic rings. The van der Waals surface area contributed by atoms with Crippen LogP contribution in [0.15, 0.2) is 24.0 Å². The van der Waals surface area contributed by atoms with E-state index in [0.29, 0.717) is 0 Å². The lowest BCUT2D eigenvalue weighted by Crippen LogP contribution is -3.00. The summed E-state index contributed by atoms with van der Waals surface area (Å²) in [6.07, 6.45) is -32.4. The predicted molar refractivity (Wildman–Crippen MR) is 125 cm³/mol. The maximum Gasteiger partial charge on any atom is 0.452 e. The fourth-order valence-corrected chi connectivity index (χ4v) is 0.350. The average molecular weight is 950 g/mol. The first-order valence-electron chi connectivity index (χ1n) is 9.61. The summed E-state index contributed by atoms with van der Waals surface area (Å²) in [5, 5.41) is -6.79. The van der Waals surface area contributed by atoms with Crippen molar-refractivity contribution in [1.29, 1.82) is 0 Å². The van der Waals surface area contributed by atoms with Gasteiger partial charge in [-0.2, -0.15) is 87.8 Å². The SMILES string of the molecule is C=C(Cl)C(F)(F)F.C=C(F)C(F)(F)F.CC(F)(Cl)C(F)(F)F.CC(F)(F)C(F)(F)F.FC(F)(F)C(Cl)CCl.FCC(F)C(F)(F)F.[B].[Cl-].[Cl-].[F-].[F-]. The van der Waals surface area contributed by atoms with Gasteiger partial charge in [-0.25, -0.2) is 17.6 Å². The van der Waals surface area contributed by atoms with Crippen molar-refractivity contribution in [2.45, 2.75) is 73.5 Å². The maximum atomic E-state index is 11.5. The van der Waals surface area contributed by atoms with Crippen LogP contribution in [0.25, 0.3) is 0 Å². The Balaban J connectivity index is -0.0000000411. The van der Waals surface area contributed by atoms with Crippen molar-refractivity contribution in [3.05, 3.63) is 24.0 Å². The van der Waals surface area contributed by atoms with Gasteiger partial charge < -0.3 is 34.2 Å². The van der Waals surface area contributed by atoms with Crippen LogP contribution in [0.1, 0.15) is 13.8 Å². The molecule has 0 aliphatic rings. The smallest absolute Gasteiger partial charge is 0.452 e. The molecule has 0 aromatic heterocycles. The molecular weight excluding hydrogens is 934 g/mol. The molecule has 0 nitrogen and oxygen atoms in total. The molecule has 0 aliphatic carbocycles. The van der Waals surface area contributed by atoms with Gasteiger partial charge in [0.2, 0.25) is 6.17 Å². The highest BCUT2D eigenvalue weighted by Crippen LogP contribution is 2.36. The van der Waals surface area contributed by atoms with E-state index in [4.69, 9.17) is 11.6 Å². The molecule has 0 aromatic carbocycles. The molecule has 0 bridgehead atoms. The van der Waals surface area contributed by atoms with Crippen LogP contribution < -0.4 is 34.2 Å². The maximum absolute atomic E-state index is 11.5. The minimum absolute atomic E-state index is 0. The van der Waals surface area contributed by atoms with Gasteiger partial charge in [-0.15, -0.1) is 23.2 Å². The fourth-order valence-electron chi connectivity index (χ4n) is 0.175. The van der Waals surface area contributed by atoms with Crippen LogP contribution in [0.5, 0.6) is 0 Å². The van der Waals surface area contributed by atoms with Gasteiger partial charge in [0, 0.05) is 21.2 Å². The van der Waals surface area contributed by atoms with E-state index in [9.17, 15) is 105 Å².